The topological polar surface area (TPSA) is 36.8 Å². The van der Waals surface area contributed by atoms with Crippen molar-refractivity contribution in [2.75, 3.05) is 0 Å². The summed E-state index contributed by atoms with van der Waals surface area (Å²) in [7, 11) is 0. The number of nitrogens with zero attached hydrogens (tertiary/aromatic N) is 2. The largest absolute Gasteiger partial charge is 0.344 e. The molecule has 3 nitrogen and oxygen atoms in total. The van der Waals surface area contributed by atoms with Crippen LogP contribution in [-0.2, 0) is 0 Å². The Morgan fingerprint density at radius 3 is 2.11 bits per heavy atom. The van der Waals surface area contributed by atoms with Crippen molar-refractivity contribution in [1.29, 1.82) is 0 Å². The summed E-state index contributed by atoms with van der Waals surface area (Å²) in [6.07, 6.45) is 24.4. The van der Waals surface area contributed by atoms with E-state index in [-0.39, 0.29) is 6.17 Å². The predicted molar refractivity (Wildman–Crippen MR) is 234 cm³/mol. The van der Waals surface area contributed by atoms with E-state index in [1.807, 2.05) is 35.6 Å². The molecule has 0 saturated carbocycles. The molecule has 2 unspecified atom stereocenters. The summed E-state index contributed by atoms with van der Waals surface area (Å²) in [5.41, 5.74) is 12.5. The van der Waals surface area contributed by atoms with Gasteiger partial charge in [-0.1, -0.05) is 152 Å². The fourth-order valence-electron chi connectivity index (χ4n) is 8.35. The second kappa shape index (κ2) is 14.6. The third kappa shape index (κ3) is 6.68. The van der Waals surface area contributed by atoms with Crippen molar-refractivity contribution in [3.63, 3.8) is 0 Å². The minimum absolute atomic E-state index is 0.294. The number of rotatable bonds is 7. The van der Waals surface area contributed by atoms with Gasteiger partial charge in [0.2, 0.25) is 0 Å². The van der Waals surface area contributed by atoms with Crippen LogP contribution in [0.1, 0.15) is 60.5 Å². The van der Waals surface area contributed by atoms with Gasteiger partial charge in [0.05, 0.1) is 0 Å². The maximum atomic E-state index is 5.24. The Morgan fingerprint density at radius 2 is 1.35 bits per heavy atom. The van der Waals surface area contributed by atoms with E-state index >= 15 is 0 Å². The van der Waals surface area contributed by atoms with Crippen LogP contribution < -0.4 is 5.32 Å². The fourth-order valence-corrected chi connectivity index (χ4v) is 9.47. The summed E-state index contributed by atoms with van der Waals surface area (Å²) in [6.45, 7) is 0. The molecule has 0 fully saturated rings. The van der Waals surface area contributed by atoms with Crippen LogP contribution in [0.3, 0.4) is 0 Å². The quantitative estimate of drug-likeness (QED) is 0.175. The van der Waals surface area contributed by atoms with Crippen LogP contribution in [0.4, 0.5) is 0 Å². The Kier molecular flexibility index (Phi) is 8.89. The molecule has 10 rings (SSSR count). The Balaban J connectivity index is 1.01. The Hall–Kier alpha value is -6.10. The first-order valence-electron chi connectivity index (χ1n) is 19.5. The highest BCUT2D eigenvalue weighted by molar-refractivity contribution is 7.25. The smallest absolute Gasteiger partial charge is 0.159 e. The monoisotopic (exact) mass is 727 g/mol. The molecule has 0 radical (unpaired) electrons. The van der Waals surface area contributed by atoms with Crippen LogP contribution in [-0.4, -0.2) is 11.7 Å². The van der Waals surface area contributed by atoms with Crippen molar-refractivity contribution in [3.8, 4) is 11.1 Å². The molecule has 2 heterocycles. The van der Waals surface area contributed by atoms with Crippen LogP contribution >= 0.6 is 11.3 Å². The summed E-state index contributed by atoms with van der Waals surface area (Å²) in [5.74, 6) is 1.96. The third-order valence-electron chi connectivity index (χ3n) is 11.2. The lowest BCUT2D eigenvalue weighted by atomic mass is 9.79. The van der Waals surface area contributed by atoms with E-state index in [9.17, 15) is 0 Å². The average molecular weight is 728 g/mol. The average Bonchev–Trinajstić information content (AvgIpc) is 3.66. The standard InChI is InChI=1S/C51H41N3S/c1-5-14-34(15-6-1)41-30-42(35-16-7-2-8-17-35)32-43(31-41)37-26-24-36(25-27-37)40-28-29-46-45(33-40)48-44(22-13-23-47(48)55-46)51-53-49(38-18-9-3-10-19-38)52-50(54-51)39-20-11-4-12-21-39/h3-5,7,9-29,31-33,41,51H,1-2,6,8,30H2,(H,52,53,54). The molecule has 0 saturated heterocycles. The van der Waals surface area contributed by atoms with Gasteiger partial charge in [0, 0.05) is 42.8 Å². The zero-order chi connectivity index (χ0) is 36.6. The molecule has 1 aromatic heterocycles. The molecule has 1 aliphatic heterocycles. The molecule has 0 spiro atoms. The lowest BCUT2D eigenvalue weighted by molar-refractivity contribution is 0.680. The SMILES string of the molecule is C1=CC(C2=CC(c3ccc(-c4ccc5sc6cccc(C7N=C(c8ccccc8)N=C(c8ccccc8)N7)c6c5c4)cc3)=CC(C3=CCCC=C3)C2)=CCC1. The highest BCUT2D eigenvalue weighted by atomic mass is 32.1. The molecule has 2 atom stereocenters. The first kappa shape index (κ1) is 33.5. The number of benzene rings is 5. The summed E-state index contributed by atoms with van der Waals surface area (Å²) >= 11 is 1.84. The zero-order valence-corrected chi connectivity index (χ0v) is 31.5. The first-order valence-corrected chi connectivity index (χ1v) is 20.3. The normalized spacial score (nSPS) is 19.6. The van der Waals surface area contributed by atoms with Crippen LogP contribution in [0.2, 0.25) is 0 Å². The minimum Gasteiger partial charge on any atom is -0.344 e. The first-order chi connectivity index (χ1) is 27.2. The van der Waals surface area contributed by atoms with Crippen molar-refractivity contribution in [3.05, 3.63) is 209 Å². The molecule has 4 heteroatoms. The van der Waals surface area contributed by atoms with E-state index in [4.69, 9.17) is 9.98 Å². The molecule has 3 aliphatic carbocycles. The maximum absolute atomic E-state index is 5.24. The van der Waals surface area contributed by atoms with Gasteiger partial charge in [0.25, 0.3) is 0 Å². The molecule has 6 aromatic rings. The molecule has 266 valence electrons. The summed E-state index contributed by atoms with van der Waals surface area (Å²) in [6, 6.07) is 43.4. The van der Waals surface area contributed by atoms with Crippen molar-refractivity contribution in [2.45, 2.75) is 38.3 Å². The number of hydrogen-bond acceptors (Lipinski definition) is 4. The number of nitrogens with one attached hydrogen (secondary N) is 1. The van der Waals surface area contributed by atoms with Gasteiger partial charge < -0.3 is 5.32 Å². The third-order valence-corrected chi connectivity index (χ3v) is 12.3. The highest BCUT2D eigenvalue weighted by Crippen LogP contribution is 2.42. The van der Waals surface area contributed by atoms with Gasteiger partial charge >= 0.3 is 0 Å². The number of hydrogen-bond donors (Lipinski definition) is 1. The molecular formula is C51H41N3S. The van der Waals surface area contributed by atoms with E-state index in [1.165, 1.54) is 59.2 Å². The lowest BCUT2D eigenvalue weighted by Gasteiger charge is -2.26. The van der Waals surface area contributed by atoms with Gasteiger partial charge in [-0.3, -0.25) is 0 Å². The van der Waals surface area contributed by atoms with Gasteiger partial charge in [0.15, 0.2) is 5.84 Å². The van der Waals surface area contributed by atoms with Crippen LogP contribution in [0.15, 0.2) is 197 Å². The fraction of sp³-hybridized carbons (Fsp3) is 0.137. The number of fused-ring (bicyclic) bond motifs is 3. The van der Waals surface area contributed by atoms with E-state index in [0.717, 1.165) is 60.5 Å². The molecule has 0 bridgehead atoms. The maximum Gasteiger partial charge on any atom is 0.159 e. The van der Waals surface area contributed by atoms with Crippen molar-refractivity contribution in [2.24, 2.45) is 15.9 Å². The van der Waals surface area contributed by atoms with Gasteiger partial charge in [0.1, 0.15) is 12.0 Å². The minimum atomic E-state index is -0.294. The van der Waals surface area contributed by atoms with Gasteiger partial charge in [-0.05, 0) is 89.3 Å². The van der Waals surface area contributed by atoms with Crippen LogP contribution in [0.25, 0.3) is 36.9 Å². The van der Waals surface area contributed by atoms with Crippen LogP contribution in [0.5, 0.6) is 0 Å². The van der Waals surface area contributed by atoms with Crippen molar-refractivity contribution < 1.29 is 0 Å². The molecule has 55 heavy (non-hydrogen) atoms. The number of thiophene rings is 1. The number of allylic oxidation sites excluding steroid dienone is 12. The zero-order valence-electron chi connectivity index (χ0n) is 30.7. The second-order valence-electron chi connectivity index (χ2n) is 14.7. The highest BCUT2D eigenvalue weighted by Gasteiger charge is 2.25. The van der Waals surface area contributed by atoms with Gasteiger partial charge in [-0.15, -0.1) is 11.3 Å². The molecule has 1 N–H and O–H groups in total. The van der Waals surface area contributed by atoms with E-state index < -0.39 is 0 Å². The van der Waals surface area contributed by atoms with E-state index in [0.29, 0.717) is 5.92 Å². The van der Waals surface area contributed by atoms with Gasteiger partial charge in [-0.2, -0.15) is 0 Å². The molecule has 0 amide bonds. The van der Waals surface area contributed by atoms with E-state index in [1.54, 1.807) is 0 Å². The number of aliphatic imine (C=N–C) groups is 2. The molecule has 5 aromatic carbocycles. The van der Waals surface area contributed by atoms with Crippen LogP contribution in [0, 0.1) is 5.92 Å². The molecular weight excluding hydrogens is 687 g/mol. The van der Waals surface area contributed by atoms with Gasteiger partial charge in [-0.25, -0.2) is 9.98 Å². The second-order valence-corrected chi connectivity index (χ2v) is 15.8. The van der Waals surface area contributed by atoms with Crippen molar-refractivity contribution in [1.82, 2.24) is 5.32 Å². The number of amidine groups is 2. The summed E-state index contributed by atoms with van der Waals surface area (Å²) < 4.78 is 2.53. The Morgan fingerprint density at radius 1 is 0.600 bits per heavy atom. The predicted octanol–water partition coefficient (Wildman–Crippen LogP) is 13.1. The van der Waals surface area contributed by atoms with Crippen molar-refractivity contribution >= 4 is 48.8 Å². The summed E-state index contributed by atoms with van der Waals surface area (Å²) in [5, 5.41) is 6.21. The Bertz CT molecular complexity index is 2680. The lowest BCUT2D eigenvalue weighted by Crippen LogP contribution is -2.33. The Labute approximate surface area is 326 Å². The molecule has 4 aliphatic rings. The summed E-state index contributed by atoms with van der Waals surface area (Å²) in [4.78, 5) is 10.3. The van der Waals surface area contributed by atoms with E-state index in [2.05, 4.69) is 151 Å².